The van der Waals surface area contributed by atoms with Crippen LogP contribution in [0.5, 0.6) is 0 Å². The third kappa shape index (κ3) is 4.85. The molecule has 0 amide bonds. The van der Waals surface area contributed by atoms with Gasteiger partial charge >= 0.3 is 0 Å². The number of aromatic nitrogens is 3. The molecule has 3 aromatic rings. The fraction of sp³-hybridized carbons (Fsp3) is 0.348. The Bertz CT molecular complexity index is 922. The van der Waals surface area contributed by atoms with Crippen LogP contribution in [0.25, 0.3) is 11.3 Å². The van der Waals surface area contributed by atoms with Crippen LogP contribution in [0.2, 0.25) is 0 Å². The molecule has 0 unspecified atom stereocenters. The molecule has 0 saturated heterocycles. The number of hydrogen-bond acceptors (Lipinski definition) is 5. The summed E-state index contributed by atoms with van der Waals surface area (Å²) in [5, 5.41) is 6.82. The van der Waals surface area contributed by atoms with Crippen LogP contribution < -0.4 is 10.6 Å². The van der Waals surface area contributed by atoms with Crippen molar-refractivity contribution in [2.75, 3.05) is 10.6 Å². The van der Waals surface area contributed by atoms with Crippen LogP contribution in [-0.2, 0) is 0 Å². The van der Waals surface area contributed by atoms with Crippen molar-refractivity contribution in [3.05, 3.63) is 59.9 Å². The highest BCUT2D eigenvalue weighted by Crippen LogP contribution is 2.26. The van der Waals surface area contributed by atoms with Crippen LogP contribution in [0.3, 0.4) is 0 Å². The predicted molar refractivity (Wildman–Crippen MR) is 117 cm³/mol. The summed E-state index contributed by atoms with van der Waals surface area (Å²) in [5.41, 5.74) is 5.47. The molecule has 5 heteroatoms. The molecule has 0 aliphatic carbocycles. The average Bonchev–Trinajstić information content (AvgIpc) is 2.68. The molecule has 0 aliphatic heterocycles. The van der Waals surface area contributed by atoms with Gasteiger partial charge in [0.1, 0.15) is 5.82 Å². The zero-order chi connectivity index (χ0) is 20.1. The van der Waals surface area contributed by atoms with E-state index in [1.54, 1.807) is 6.20 Å². The van der Waals surface area contributed by atoms with E-state index in [0.717, 1.165) is 29.2 Å². The van der Waals surface area contributed by atoms with Gasteiger partial charge in [-0.2, -0.15) is 4.98 Å². The number of anilines is 3. The summed E-state index contributed by atoms with van der Waals surface area (Å²) in [6.07, 6.45) is 4.58. The summed E-state index contributed by atoms with van der Waals surface area (Å²) < 4.78 is 0. The normalized spacial score (nSPS) is 12.1. The standard InChI is InChI=1S/C23H29N5/c1-6-17(5)25-23-27-21(18-8-7-11-24-14-18)13-22(28-23)26-19-9-10-20(15(2)3)16(4)12-19/h7-15,17H,6H2,1-5H3,(H2,25,26,27,28)/t17-/m1/s1. The van der Waals surface area contributed by atoms with Crippen LogP contribution >= 0.6 is 0 Å². The van der Waals surface area contributed by atoms with E-state index >= 15 is 0 Å². The van der Waals surface area contributed by atoms with Crippen molar-refractivity contribution >= 4 is 17.5 Å². The molecular formula is C23H29N5. The van der Waals surface area contributed by atoms with E-state index in [0.29, 0.717) is 17.9 Å². The lowest BCUT2D eigenvalue weighted by Crippen LogP contribution is -2.16. The van der Waals surface area contributed by atoms with Gasteiger partial charge < -0.3 is 10.6 Å². The van der Waals surface area contributed by atoms with Gasteiger partial charge in [0.25, 0.3) is 0 Å². The van der Waals surface area contributed by atoms with Crippen LogP contribution in [0.15, 0.2) is 48.8 Å². The molecule has 0 fully saturated rings. The minimum Gasteiger partial charge on any atom is -0.352 e. The Hall–Kier alpha value is -2.95. The van der Waals surface area contributed by atoms with Gasteiger partial charge in [0, 0.05) is 35.8 Å². The molecule has 0 radical (unpaired) electrons. The maximum atomic E-state index is 4.69. The minimum atomic E-state index is 0.296. The van der Waals surface area contributed by atoms with E-state index in [9.17, 15) is 0 Å². The molecule has 1 atom stereocenters. The first kappa shape index (κ1) is 19.8. The quantitative estimate of drug-likeness (QED) is 0.536. The smallest absolute Gasteiger partial charge is 0.225 e. The van der Waals surface area contributed by atoms with E-state index in [2.05, 4.69) is 78.4 Å². The summed E-state index contributed by atoms with van der Waals surface area (Å²) in [5.74, 6) is 1.89. The van der Waals surface area contributed by atoms with Crippen LogP contribution in [0.1, 0.15) is 51.2 Å². The van der Waals surface area contributed by atoms with Gasteiger partial charge in [-0.1, -0.05) is 26.8 Å². The highest BCUT2D eigenvalue weighted by Gasteiger charge is 2.10. The summed E-state index contributed by atoms with van der Waals surface area (Å²) in [7, 11) is 0. The second-order valence-corrected chi connectivity index (χ2v) is 7.51. The summed E-state index contributed by atoms with van der Waals surface area (Å²) in [6, 6.07) is 12.6. The lowest BCUT2D eigenvalue weighted by atomic mass is 9.98. The number of pyridine rings is 1. The zero-order valence-corrected chi connectivity index (χ0v) is 17.3. The van der Waals surface area contributed by atoms with E-state index in [1.165, 1.54) is 11.1 Å². The number of aryl methyl sites for hydroxylation is 1. The van der Waals surface area contributed by atoms with Gasteiger partial charge in [-0.05, 0) is 61.6 Å². The Morgan fingerprint density at radius 3 is 2.50 bits per heavy atom. The largest absolute Gasteiger partial charge is 0.352 e. The summed E-state index contributed by atoms with van der Waals surface area (Å²) in [4.78, 5) is 13.6. The average molecular weight is 376 g/mol. The van der Waals surface area contributed by atoms with E-state index in [4.69, 9.17) is 0 Å². The number of rotatable bonds is 7. The maximum Gasteiger partial charge on any atom is 0.225 e. The SMILES string of the molecule is CC[C@@H](C)Nc1nc(Nc2ccc(C(C)C)c(C)c2)cc(-c2cccnc2)n1. The van der Waals surface area contributed by atoms with Gasteiger partial charge in [-0.25, -0.2) is 4.98 Å². The van der Waals surface area contributed by atoms with Crippen molar-refractivity contribution in [2.45, 2.75) is 53.0 Å². The Labute approximate surface area is 167 Å². The molecule has 3 rings (SSSR count). The third-order valence-electron chi connectivity index (χ3n) is 4.84. The first-order valence-electron chi connectivity index (χ1n) is 9.89. The number of nitrogens with zero attached hydrogens (tertiary/aromatic N) is 3. The van der Waals surface area contributed by atoms with E-state index in [-0.39, 0.29) is 0 Å². The second-order valence-electron chi connectivity index (χ2n) is 7.51. The predicted octanol–water partition coefficient (Wildman–Crippen LogP) is 5.92. The van der Waals surface area contributed by atoms with Crippen molar-refractivity contribution in [3.63, 3.8) is 0 Å². The van der Waals surface area contributed by atoms with Crippen LogP contribution in [0.4, 0.5) is 17.5 Å². The molecular weight excluding hydrogens is 346 g/mol. The van der Waals surface area contributed by atoms with Gasteiger partial charge in [0.15, 0.2) is 0 Å². The number of nitrogens with one attached hydrogen (secondary N) is 2. The molecule has 0 saturated carbocycles. The fourth-order valence-corrected chi connectivity index (χ4v) is 3.11. The van der Waals surface area contributed by atoms with Gasteiger partial charge in [-0.3, -0.25) is 4.98 Å². The highest BCUT2D eigenvalue weighted by molar-refractivity contribution is 5.67. The lowest BCUT2D eigenvalue weighted by Gasteiger charge is -2.16. The fourth-order valence-electron chi connectivity index (χ4n) is 3.11. The minimum absolute atomic E-state index is 0.296. The van der Waals surface area contributed by atoms with Crippen molar-refractivity contribution in [3.8, 4) is 11.3 Å². The molecule has 28 heavy (non-hydrogen) atoms. The maximum absolute atomic E-state index is 4.69. The van der Waals surface area contributed by atoms with E-state index < -0.39 is 0 Å². The molecule has 2 aromatic heterocycles. The Balaban J connectivity index is 1.95. The first-order valence-corrected chi connectivity index (χ1v) is 9.89. The second kappa shape index (κ2) is 8.83. The Morgan fingerprint density at radius 1 is 1.04 bits per heavy atom. The van der Waals surface area contributed by atoms with Crippen molar-refractivity contribution < 1.29 is 0 Å². The van der Waals surface area contributed by atoms with Crippen molar-refractivity contribution in [1.82, 2.24) is 15.0 Å². The Morgan fingerprint density at radius 2 is 1.86 bits per heavy atom. The van der Waals surface area contributed by atoms with Crippen molar-refractivity contribution in [2.24, 2.45) is 0 Å². The molecule has 2 N–H and O–H groups in total. The topological polar surface area (TPSA) is 62.7 Å². The number of hydrogen-bond donors (Lipinski definition) is 2. The monoisotopic (exact) mass is 375 g/mol. The first-order chi connectivity index (χ1) is 13.5. The highest BCUT2D eigenvalue weighted by atomic mass is 15.2. The van der Waals surface area contributed by atoms with Crippen LogP contribution in [0, 0.1) is 6.92 Å². The van der Waals surface area contributed by atoms with E-state index in [1.807, 2.05) is 24.4 Å². The summed E-state index contributed by atoms with van der Waals surface area (Å²) >= 11 is 0. The van der Waals surface area contributed by atoms with Crippen molar-refractivity contribution in [1.29, 1.82) is 0 Å². The molecule has 2 heterocycles. The summed E-state index contributed by atoms with van der Waals surface area (Å²) in [6.45, 7) is 10.8. The lowest BCUT2D eigenvalue weighted by molar-refractivity contribution is 0.753. The third-order valence-corrected chi connectivity index (χ3v) is 4.84. The molecule has 0 aliphatic rings. The molecule has 0 bridgehead atoms. The van der Waals surface area contributed by atoms with Gasteiger partial charge in [0.2, 0.25) is 5.95 Å². The molecule has 1 aromatic carbocycles. The molecule has 0 spiro atoms. The Kier molecular flexibility index (Phi) is 6.24. The number of benzene rings is 1. The molecule has 146 valence electrons. The molecule has 5 nitrogen and oxygen atoms in total. The van der Waals surface area contributed by atoms with Gasteiger partial charge in [0.05, 0.1) is 5.69 Å². The van der Waals surface area contributed by atoms with Crippen LogP contribution in [-0.4, -0.2) is 21.0 Å². The zero-order valence-electron chi connectivity index (χ0n) is 17.3. The van der Waals surface area contributed by atoms with Gasteiger partial charge in [-0.15, -0.1) is 0 Å².